The van der Waals surface area contributed by atoms with Crippen LogP contribution in [0.15, 0.2) is 24.5 Å². The first kappa shape index (κ1) is 18.1. The lowest BCUT2D eigenvalue weighted by Gasteiger charge is -2.15. The Labute approximate surface area is 132 Å². The predicted octanol–water partition coefficient (Wildman–Crippen LogP) is 2.10. The summed E-state index contributed by atoms with van der Waals surface area (Å²) < 4.78 is 16.2. The Kier molecular flexibility index (Phi) is 8.86. The second kappa shape index (κ2) is 10.8. The average Bonchev–Trinajstić information content (AvgIpc) is 2.53. The Bertz CT molecular complexity index is 483. The summed E-state index contributed by atoms with van der Waals surface area (Å²) in [6, 6.07) is 0. The maximum absolute atomic E-state index is 5.55. The van der Waals surface area contributed by atoms with Crippen LogP contribution in [0.3, 0.4) is 0 Å². The van der Waals surface area contributed by atoms with Gasteiger partial charge in [-0.05, 0) is 33.0 Å². The number of hydrogen-bond donors (Lipinski definition) is 1. The molecule has 0 saturated heterocycles. The summed E-state index contributed by atoms with van der Waals surface area (Å²) in [5.74, 6) is 0.788. The smallest absolute Gasteiger partial charge is 0.116 e. The van der Waals surface area contributed by atoms with Gasteiger partial charge in [0.25, 0.3) is 0 Å². The molecule has 0 aliphatic carbocycles. The van der Waals surface area contributed by atoms with E-state index in [1.165, 1.54) is 6.33 Å². The van der Waals surface area contributed by atoms with Crippen molar-refractivity contribution in [3.8, 4) is 0 Å². The Morgan fingerprint density at radius 2 is 2.27 bits per heavy atom. The van der Waals surface area contributed by atoms with Crippen molar-refractivity contribution in [2.45, 2.75) is 20.0 Å². The molecule has 0 saturated carbocycles. The molecule has 6 nitrogen and oxygen atoms in total. The van der Waals surface area contributed by atoms with E-state index in [1.807, 2.05) is 27.0 Å². The summed E-state index contributed by atoms with van der Waals surface area (Å²) in [6.07, 6.45) is 8.58. The van der Waals surface area contributed by atoms with Crippen molar-refractivity contribution in [3.05, 3.63) is 35.8 Å². The number of rotatable bonds is 10. The highest BCUT2D eigenvalue weighted by molar-refractivity contribution is 5.61. The van der Waals surface area contributed by atoms with Gasteiger partial charge in [0.15, 0.2) is 0 Å². The lowest BCUT2D eigenvalue weighted by molar-refractivity contribution is 0.0171. The van der Waals surface area contributed by atoms with Crippen LogP contribution in [0.1, 0.15) is 25.1 Å². The van der Waals surface area contributed by atoms with Crippen molar-refractivity contribution in [2.24, 2.45) is 0 Å². The van der Waals surface area contributed by atoms with Crippen molar-refractivity contribution < 1.29 is 14.2 Å². The number of nitrogens with one attached hydrogen (secondary N) is 1. The summed E-state index contributed by atoms with van der Waals surface area (Å²) in [4.78, 5) is 8.26. The van der Waals surface area contributed by atoms with Crippen molar-refractivity contribution in [3.63, 3.8) is 0 Å². The van der Waals surface area contributed by atoms with Crippen molar-refractivity contribution >= 4 is 12.2 Å². The highest BCUT2D eigenvalue weighted by Crippen LogP contribution is 2.11. The number of nitrogens with zero attached hydrogens (tertiary/aromatic N) is 2. The minimum atomic E-state index is 0.0279. The Morgan fingerprint density at radius 3 is 2.95 bits per heavy atom. The first-order valence-corrected chi connectivity index (χ1v) is 7.27. The fraction of sp³-hybridized carbons (Fsp3) is 0.500. The molecule has 6 heteroatoms. The first-order chi connectivity index (χ1) is 10.7. The molecule has 0 bridgehead atoms. The lowest BCUT2D eigenvalue weighted by Crippen LogP contribution is -2.30. The molecule has 0 aliphatic heterocycles. The van der Waals surface area contributed by atoms with Gasteiger partial charge in [-0.2, -0.15) is 0 Å². The molecule has 1 heterocycles. The van der Waals surface area contributed by atoms with Crippen LogP contribution >= 0.6 is 0 Å². The Morgan fingerprint density at radius 1 is 1.45 bits per heavy atom. The zero-order chi connectivity index (χ0) is 16.2. The normalized spacial score (nSPS) is 13.4. The van der Waals surface area contributed by atoms with E-state index in [0.717, 1.165) is 23.6 Å². The van der Waals surface area contributed by atoms with Gasteiger partial charge in [0.05, 0.1) is 24.8 Å². The van der Waals surface area contributed by atoms with Crippen LogP contribution in [0.5, 0.6) is 0 Å². The molecule has 0 amide bonds. The quantitative estimate of drug-likeness (QED) is 0.668. The molecule has 1 aromatic rings. The van der Waals surface area contributed by atoms with E-state index in [9.17, 15) is 0 Å². The molecule has 122 valence electrons. The Hall–Kier alpha value is -1.92. The molecule has 0 spiro atoms. The largest absolute Gasteiger partial charge is 0.501 e. The molecule has 0 radical (unpaired) electrons. The minimum absolute atomic E-state index is 0.0279. The molecule has 0 aromatic carbocycles. The standard InChI is InChI=1S/C16H25N3O3/c1-5-22-15(10-17-3)11-21-7-6-16-14(8-13(2)20-4)9-18-12-19-16/h6-9,12,15,17H,5,10-11H2,1-4H3/b7-6+,13-8+. The zero-order valence-electron chi connectivity index (χ0n) is 13.7. The topological polar surface area (TPSA) is 65.5 Å². The van der Waals surface area contributed by atoms with E-state index in [4.69, 9.17) is 14.2 Å². The zero-order valence-corrected chi connectivity index (χ0v) is 13.7. The molecule has 1 rings (SSSR count). The Balaban J connectivity index is 2.63. The number of allylic oxidation sites excluding steroid dienone is 1. The molecule has 0 aliphatic rings. The van der Waals surface area contributed by atoms with Crippen molar-refractivity contribution in [1.29, 1.82) is 0 Å². The summed E-state index contributed by atoms with van der Waals surface area (Å²) >= 11 is 0. The molecular weight excluding hydrogens is 282 g/mol. The molecule has 1 atom stereocenters. The van der Waals surface area contributed by atoms with Gasteiger partial charge in [-0.15, -0.1) is 0 Å². The minimum Gasteiger partial charge on any atom is -0.501 e. The summed E-state index contributed by atoms with van der Waals surface area (Å²) in [5, 5.41) is 3.08. The van der Waals surface area contributed by atoms with Crippen LogP contribution < -0.4 is 5.32 Å². The van der Waals surface area contributed by atoms with Crippen LogP contribution in [0.2, 0.25) is 0 Å². The summed E-state index contributed by atoms with van der Waals surface area (Å²) in [7, 11) is 3.52. The fourth-order valence-corrected chi connectivity index (χ4v) is 1.78. The van der Waals surface area contributed by atoms with Gasteiger partial charge >= 0.3 is 0 Å². The highest BCUT2D eigenvalue weighted by atomic mass is 16.5. The number of likely N-dealkylation sites (N-methyl/N-ethyl adjacent to an activating group) is 1. The summed E-state index contributed by atoms with van der Waals surface area (Å²) in [6.45, 7) is 5.74. The van der Waals surface area contributed by atoms with E-state index in [-0.39, 0.29) is 6.10 Å². The van der Waals surface area contributed by atoms with Crippen LogP contribution in [-0.2, 0) is 14.2 Å². The second-order valence-corrected chi connectivity index (χ2v) is 4.59. The first-order valence-electron chi connectivity index (χ1n) is 7.27. The van der Waals surface area contributed by atoms with Crippen LogP contribution in [0.25, 0.3) is 12.2 Å². The third kappa shape index (κ3) is 6.69. The van der Waals surface area contributed by atoms with E-state index in [1.54, 1.807) is 25.6 Å². The number of methoxy groups -OCH3 is 1. The molecule has 22 heavy (non-hydrogen) atoms. The maximum Gasteiger partial charge on any atom is 0.116 e. The van der Waals surface area contributed by atoms with E-state index in [2.05, 4.69) is 15.3 Å². The lowest BCUT2D eigenvalue weighted by atomic mass is 10.2. The molecular formula is C16H25N3O3. The molecule has 0 fully saturated rings. The molecule has 1 unspecified atom stereocenters. The van der Waals surface area contributed by atoms with Gasteiger partial charge in [0.2, 0.25) is 0 Å². The van der Waals surface area contributed by atoms with E-state index in [0.29, 0.717) is 13.2 Å². The second-order valence-electron chi connectivity index (χ2n) is 4.59. The third-order valence-corrected chi connectivity index (χ3v) is 2.89. The maximum atomic E-state index is 5.55. The van der Waals surface area contributed by atoms with E-state index < -0.39 is 0 Å². The van der Waals surface area contributed by atoms with Gasteiger partial charge in [-0.25, -0.2) is 9.97 Å². The fourth-order valence-electron chi connectivity index (χ4n) is 1.78. The third-order valence-electron chi connectivity index (χ3n) is 2.89. The number of aromatic nitrogens is 2. The van der Waals surface area contributed by atoms with Gasteiger partial charge in [-0.3, -0.25) is 0 Å². The van der Waals surface area contributed by atoms with Crippen LogP contribution in [-0.4, -0.2) is 50.0 Å². The SMILES string of the molecule is CCOC(CNC)CO/C=C/c1ncncc1/C=C(\C)OC. The predicted molar refractivity (Wildman–Crippen MR) is 87.0 cm³/mol. The molecule has 1 N–H and O–H groups in total. The highest BCUT2D eigenvalue weighted by Gasteiger charge is 2.06. The van der Waals surface area contributed by atoms with Crippen molar-refractivity contribution in [1.82, 2.24) is 15.3 Å². The monoisotopic (exact) mass is 307 g/mol. The van der Waals surface area contributed by atoms with E-state index >= 15 is 0 Å². The average molecular weight is 307 g/mol. The van der Waals surface area contributed by atoms with Crippen LogP contribution in [0, 0.1) is 0 Å². The van der Waals surface area contributed by atoms with Gasteiger partial charge < -0.3 is 19.5 Å². The van der Waals surface area contributed by atoms with Gasteiger partial charge in [-0.1, -0.05) is 0 Å². The van der Waals surface area contributed by atoms with Gasteiger partial charge in [0, 0.05) is 24.9 Å². The van der Waals surface area contributed by atoms with Gasteiger partial charge in [0.1, 0.15) is 19.0 Å². The number of hydrogen-bond acceptors (Lipinski definition) is 6. The summed E-state index contributed by atoms with van der Waals surface area (Å²) in [5.41, 5.74) is 1.64. The molecule has 1 aromatic heterocycles. The number of ether oxygens (including phenoxy) is 3. The van der Waals surface area contributed by atoms with Crippen molar-refractivity contribution in [2.75, 3.05) is 33.9 Å². The van der Waals surface area contributed by atoms with Crippen LogP contribution in [0.4, 0.5) is 0 Å².